The molecular weight excluding hydrogens is 466 g/mol. The van der Waals surface area contributed by atoms with Crippen molar-refractivity contribution in [3.8, 4) is 16.9 Å². The molecule has 35 heavy (non-hydrogen) atoms. The van der Waals surface area contributed by atoms with Gasteiger partial charge in [0, 0.05) is 25.6 Å². The van der Waals surface area contributed by atoms with Crippen LogP contribution in [0.5, 0.6) is 5.75 Å². The molecule has 2 aromatic rings. The monoisotopic (exact) mass is 503 g/mol. The zero-order valence-electron chi connectivity index (χ0n) is 21.4. The molecule has 0 spiro atoms. The summed E-state index contributed by atoms with van der Waals surface area (Å²) in [5, 5.41) is 9.80. The number of carbonyl (C=O) groups is 1. The minimum atomic E-state index is -3.92. The van der Waals surface area contributed by atoms with Crippen LogP contribution >= 0.6 is 0 Å². The Bertz CT molecular complexity index is 1130. The second-order valence-corrected chi connectivity index (χ2v) is 11.6. The number of sulfonamides is 1. The van der Waals surface area contributed by atoms with E-state index in [0.717, 1.165) is 16.7 Å². The molecule has 0 aliphatic carbocycles. The lowest BCUT2D eigenvalue weighted by Gasteiger charge is -2.37. The average Bonchev–Trinajstić information content (AvgIpc) is 2.80. The number of carbonyl (C=O) groups excluding carboxylic acids is 1. The lowest BCUT2D eigenvalue weighted by atomic mass is 10.0. The highest BCUT2D eigenvalue weighted by atomic mass is 32.2. The van der Waals surface area contributed by atoms with Crippen molar-refractivity contribution >= 4 is 15.9 Å². The lowest BCUT2D eigenvalue weighted by molar-refractivity contribution is -0.132. The molecule has 9 heteroatoms. The van der Waals surface area contributed by atoms with Crippen LogP contribution in [-0.4, -0.2) is 93.1 Å². The van der Waals surface area contributed by atoms with Gasteiger partial charge >= 0.3 is 0 Å². The SMILES string of the molecule is Cc1ccc(-c2ccc3c(c2)O[C@H](CN(C)C(=O)CN(C)C)[C@H](C)CN([C@@H](C)CO)S3(=O)=O)cc1. The number of aliphatic hydroxyl groups is 1. The quantitative estimate of drug-likeness (QED) is 0.624. The molecule has 0 bridgehead atoms. The summed E-state index contributed by atoms with van der Waals surface area (Å²) in [5.41, 5.74) is 2.92. The van der Waals surface area contributed by atoms with Crippen LogP contribution in [0.4, 0.5) is 0 Å². The Morgan fingerprint density at radius 2 is 1.77 bits per heavy atom. The molecule has 1 amide bonds. The van der Waals surface area contributed by atoms with Gasteiger partial charge in [-0.05, 0) is 51.2 Å². The van der Waals surface area contributed by atoms with Crippen LogP contribution in [0.25, 0.3) is 11.1 Å². The maximum Gasteiger partial charge on any atom is 0.247 e. The lowest BCUT2D eigenvalue weighted by Crippen LogP contribution is -2.50. The number of hydrogen-bond acceptors (Lipinski definition) is 6. The molecule has 192 valence electrons. The molecule has 1 aliphatic rings. The third-order valence-electron chi connectivity index (χ3n) is 6.38. The number of benzene rings is 2. The van der Waals surface area contributed by atoms with Gasteiger partial charge < -0.3 is 19.6 Å². The summed E-state index contributed by atoms with van der Waals surface area (Å²) in [6.45, 7) is 6.07. The van der Waals surface area contributed by atoms with Gasteiger partial charge in [-0.15, -0.1) is 0 Å². The van der Waals surface area contributed by atoms with Gasteiger partial charge in [-0.1, -0.05) is 42.8 Å². The molecule has 0 fully saturated rings. The first kappa shape index (κ1) is 27.1. The molecule has 1 heterocycles. The molecule has 3 atom stereocenters. The predicted octanol–water partition coefficient (Wildman–Crippen LogP) is 2.45. The van der Waals surface area contributed by atoms with Gasteiger partial charge in [0.15, 0.2) is 0 Å². The largest absolute Gasteiger partial charge is 0.487 e. The van der Waals surface area contributed by atoms with E-state index in [2.05, 4.69) is 0 Å². The van der Waals surface area contributed by atoms with Crippen molar-refractivity contribution < 1.29 is 23.1 Å². The summed E-state index contributed by atoms with van der Waals surface area (Å²) in [4.78, 5) is 16.1. The number of aryl methyl sites for hydroxylation is 1. The average molecular weight is 504 g/mol. The van der Waals surface area contributed by atoms with Crippen LogP contribution in [0, 0.1) is 12.8 Å². The highest BCUT2D eigenvalue weighted by Crippen LogP contribution is 2.36. The van der Waals surface area contributed by atoms with E-state index in [0.29, 0.717) is 6.54 Å². The number of ether oxygens (including phenoxy) is 1. The van der Waals surface area contributed by atoms with Gasteiger partial charge in [0.1, 0.15) is 16.7 Å². The molecule has 0 unspecified atom stereocenters. The molecule has 0 saturated carbocycles. The van der Waals surface area contributed by atoms with Gasteiger partial charge in [-0.25, -0.2) is 8.42 Å². The minimum Gasteiger partial charge on any atom is -0.487 e. The Balaban J connectivity index is 2.06. The molecule has 0 aromatic heterocycles. The highest BCUT2D eigenvalue weighted by Gasteiger charge is 2.38. The fraction of sp³-hybridized carbons (Fsp3) is 0.500. The minimum absolute atomic E-state index is 0.0466. The van der Waals surface area contributed by atoms with Crippen LogP contribution < -0.4 is 4.74 Å². The van der Waals surface area contributed by atoms with Crippen molar-refractivity contribution in [2.24, 2.45) is 5.92 Å². The van der Waals surface area contributed by atoms with E-state index in [1.54, 1.807) is 37.1 Å². The second-order valence-electron chi connectivity index (χ2n) is 9.78. The van der Waals surface area contributed by atoms with E-state index in [-0.39, 0.29) is 42.2 Å². The predicted molar refractivity (Wildman–Crippen MR) is 137 cm³/mol. The zero-order valence-corrected chi connectivity index (χ0v) is 22.2. The molecule has 2 aromatic carbocycles. The Kier molecular flexibility index (Phi) is 8.58. The molecule has 3 rings (SSSR count). The van der Waals surface area contributed by atoms with E-state index in [1.807, 2.05) is 57.1 Å². The second kappa shape index (κ2) is 11.1. The van der Waals surface area contributed by atoms with Crippen molar-refractivity contribution in [3.63, 3.8) is 0 Å². The summed E-state index contributed by atoms with van der Waals surface area (Å²) >= 11 is 0. The maximum atomic E-state index is 13.6. The smallest absolute Gasteiger partial charge is 0.247 e. The fourth-order valence-electron chi connectivity index (χ4n) is 4.13. The summed E-state index contributed by atoms with van der Waals surface area (Å²) in [6.07, 6.45) is -0.443. The summed E-state index contributed by atoms with van der Waals surface area (Å²) in [6, 6.07) is 12.5. The highest BCUT2D eigenvalue weighted by molar-refractivity contribution is 7.89. The number of likely N-dealkylation sites (N-methyl/N-ethyl adjacent to an activating group) is 2. The normalized spacial score (nSPS) is 20.9. The summed E-state index contributed by atoms with van der Waals surface area (Å²) in [5.74, 6) is -0.0255. The van der Waals surface area contributed by atoms with Gasteiger partial charge in [-0.3, -0.25) is 4.79 Å². The van der Waals surface area contributed by atoms with Gasteiger partial charge in [-0.2, -0.15) is 4.31 Å². The van der Waals surface area contributed by atoms with E-state index < -0.39 is 22.2 Å². The Hall–Kier alpha value is -2.46. The number of hydrogen-bond donors (Lipinski definition) is 1. The Morgan fingerprint density at radius 3 is 2.37 bits per heavy atom. The number of nitrogens with zero attached hydrogens (tertiary/aromatic N) is 3. The molecule has 0 radical (unpaired) electrons. The fourth-order valence-corrected chi connectivity index (χ4v) is 5.96. The van der Waals surface area contributed by atoms with Gasteiger partial charge in [0.25, 0.3) is 0 Å². The van der Waals surface area contributed by atoms with Crippen molar-refractivity contribution in [1.82, 2.24) is 14.1 Å². The van der Waals surface area contributed by atoms with Crippen molar-refractivity contribution in [1.29, 1.82) is 0 Å². The first-order chi connectivity index (χ1) is 16.4. The van der Waals surface area contributed by atoms with Crippen molar-refractivity contribution in [2.45, 2.75) is 37.8 Å². The van der Waals surface area contributed by atoms with Crippen LogP contribution in [0.3, 0.4) is 0 Å². The topological polar surface area (TPSA) is 90.4 Å². The zero-order chi connectivity index (χ0) is 25.9. The molecule has 1 N–H and O–H groups in total. The van der Waals surface area contributed by atoms with Crippen molar-refractivity contribution in [2.75, 3.05) is 47.4 Å². The molecular formula is C26H37N3O5S. The van der Waals surface area contributed by atoms with Crippen LogP contribution in [0.1, 0.15) is 19.4 Å². The van der Waals surface area contributed by atoms with Crippen LogP contribution in [-0.2, 0) is 14.8 Å². The van der Waals surface area contributed by atoms with Gasteiger partial charge in [0.05, 0.1) is 19.7 Å². The van der Waals surface area contributed by atoms with E-state index in [4.69, 9.17) is 4.74 Å². The maximum absolute atomic E-state index is 13.6. The van der Waals surface area contributed by atoms with E-state index in [1.165, 1.54) is 4.31 Å². The third-order valence-corrected chi connectivity index (χ3v) is 8.40. The number of fused-ring (bicyclic) bond motifs is 1. The summed E-state index contributed by atoms with van der Waals surface area (Å²) < 4.78 is 35.0. The van der Waals surface area contributed by atoms with E-state index >= 15 is 0 Å². The van der Waals surface area contributed by atoms with Crippen LogP contribution in [0.15, 0.2) is 47.4 Å². The van der Waals surface area contributed by atoms with Crippen molar-refractivity contribution in [3.05, 3.63) is 48.0 Å². The standard InChI is InChI=1S/C26H37N3O5S/c1-18-7-9-21(10-8-18)22-11-12-25-23(13-22)34-24(15-28(6)26(31)16-27(4)5)19(2)14-29(20(3)17-30)35(25,32)33/h7-13,19-20,24,30H,14-17H2,1-6H3/t19-,20+,24-/m1/s1. The summed E-state index contributed by atoms with van der Waals surface area (Å²) in [7, 11) is 1.49. The molecule has 1 aliphatic heterocycles. The number of amides is 1. The number of aliphatic hydroxyl groups excluding tert-OH is 1. The van der Waals surface area contributed by atoms with Gasteiger partial charge in [0.2, 0.25) is 15.9 Å². The Morgan fingerprint density at radius 1 is 1.14 bits per heavy atom. The third kappa shape index (κ3) is 6.22. The van der Waals surface area contributed by atoms with E-state index in [9.17, 15) is 18.3 Å². The van der Waals surface area contributed by atoms with Crippen LogP contribution in [0.2, 0.25) is 0 Å². The Labute approximate surface area is 209 Å². The molecule has 0 saturated heterocycles. The number of rotatable bonds is 7. The molecule has 8 nitrogen and oxygen atoms in total. The first-order valence-corrected chi connectivity index (χ1v) is 13.3. The first-order valence-electron chi connectivity index (χ1n) is 11.8.